The van der Waals surface area contributed by atoms with Crippen LogP contribution in [0.3, 0.4) is 0 Å². The van der Waals surface area contributed by atoms with Crippen molar-refractivity contribution >= 4 is 40.3 Å². The van der Waals surface area contributed by atoms with E-state index in [4.69, 9.17) is 15.5 Å². The minimum Gasteiger partial charge on any atom is -0.466 e. The van der Waals surface area contributed by atoms with Gasteiger partial charge in [-0.15, -0.1) is 0 Å². The summed E-state index contributed by atoms with van der Waals surface area (Å²) in [6.45, 7) is 2.59. The molecule has 4 aromatic rings. The number of nitrogens with one attached hydrogen (secondary N) is 1. The Balaban J connectivity index is 1.54. The fourth-order valence-electron chi connectivity index (χ4n) is 3.90. The zero-order chi connectivity index (χ0) is 26.4. The lowest BCUT2D eigenvalue weighted by Gasteiger charge is -2.21. The standard InChI is InChI=1S/C27H28N6O4/c1-3-37-25(34)13-15-33(23-6-4-5-14-29-23)27(36)19-9-12-22-21(16-19)31-24(32(22)2)17-30-20-10-7-18(8-11-20)26(28)35/h4-12,14,16,30H,3,13,15,17H2,1-2H3,(H2,28,35). The maximum absolute atomic E-state index is 13.5. The number of carbonyl (C=O) groups is 3. The molecule has 0 spiro atoms. The lowest BCUT2D eigenvalue weighted by molar-refractivity contribution is -0.142. The number of aromatic nitrogens is 3. The molecule has 2 heterocycles. The molecule has 190 valence electrons. The summed E-state index contributed by atoms with van der Waals surface area (Å²) in [6, 6.07) is 17.5. The van der Waals surface area contributed by atoms with Crippen LogP contribution in [0.25, 0.3) is 11.0 Å². The zero-order valence-electron chi connectivity index (χ0n) is 20.7. The quantitative estimate of drug-likeness (QED) is 0.319. The second-order valence-corrected chi connectivity index (χ2v) is 8.29. The van der Waals surface area contributed by atoms with E-state index in [1.165, 1.54) is 4.90 Å². The SMILES string of the molecule is CCOC(=O)CCN(C(=O)c1ccc2c(c1)nc(CNc1ccc(C(N)=O)cc1)n2C)c1ccccn1. The lowest BCUT2D eigenvalue weighted by Crippen LogP contribution is -2.34. The highest BCUT2D eigenvalue weighted by Crippen LogP contribution is 2.21. The first-order chi connectivity index (χ1) is 17.9. The number of nitrogens with two attached hydrogens (primary N) is 1. The van der Waals surface area contributed by atoms with Crippen molar-refractivity contribution in [3.63, 3.8) is 0 Å². The van der Waals surface area contributed by atoms with Crippen LogP contribution < -0.4 is 16.0 Å². The molecule has 2 aromatic carbocycles. The number of nitrogens with zero attached hydrogens (tertiary/aromatic N) is 4. The maximum atomic E-state index is 13.5. The number of rotatable bonds is 10. The van der Waals surface area contributed by atoms with E-state index in [-0.39, 0.29) is 31.4 Å². The monoisotopic (exact) mass is 500 g/mol. The summed E-state index contributed by atoms with van der Waals surface area (Å²) >= 11 is 0. The molecule has 0 saturated heterocycles. The van der Waals surface area contributed by atoms with Crippen molar-refractivity contribution in [1.82, 2.24) is 14.5 Å². The number of benzene rings is 2. The first-order valence-electron chi connectivity index (χ1n) is 11.8. The first-order valence-corrected chi connectivity index (χ1v) is 11.8. The fourth-order valence-corrected chi connectivity index (χ4v) is 3.90. The molecular formula is C27H28N6O4. The van der Waals surface area contributed by atoms with Gasteiger partial charge in [0.15, 0.2) is 0 Å². The number of amides is 2. The van der Waals surface area contributed by atoms with Crippen molar-refractivity contribution in [2.75, 3.05) is 23.4 Å². The van der Waals surface area contributed by atoms with Crippen molar-refractivity contribution in [3.8, 4) is 0 Å². The molecule has 0 aliphatic carbocycles. The van der Waals surface area contributed by atoms with Gasteiger partial charge in [-0.2, -0.15) is 0 Å². The van der Waals surface area contributed by atoms with Crippen LogP contribution >= 0.6 is 0 Å². The van der Waals surface area contributed by atoms with Gasteiger partial charge in [-0.05, 0) is 61.5 Å². The Morgan fingerprint density at radius 3 is 2.49 bits per heavy atom. The fraction of sp³-hybridized carbons (Fsp3) is 0.222. The number of imidazole rings is 1. The largest absolute Gasteiger partial charge is 0.466 e. The molecule has 0 unspecified atom stereocenters. The number of anilines is 2. The summed E-state index contributed by atoms with van der Waals surface area (Å²) in [5.74, 6) is 0.0740. The summed E-state index contributed by atoms with van der Waals surface area (Å²) in [5, 5.41) is 3.28. The highest BCUT2D eigenvalue weighted by atomic mass is 16.5. The Bertz CT molecular complexity index is 1420. The highest BCUT2D eigenvalue weighted by molar-refractivity contribution is 6.07. The molecule has 0 aliphatic heterocycles. The van der Waals surface area contributed by atoms with E-state index >= 15 is 0 Å². The molecule has 3 N–H and O–H groups in total. The highest BCUT2D eigenvalue weighted by Gasteiger charge is 2.21. The van der Waals surface area contributed by atoms with E-state index in [1.807, 2.05) is 17.7 Å². The Morgan fingerprint density at radius 1 is 1.05 bits per heavy atom. The van der Waals surface area contributed by atoms with Gasteiger partial charge in [0.05, 0.1) is 30.6 Å². The van der Waals surface area contributed by atoms with E-state index < -0.39 is 5.91 Å². The minimum absolute atomic E-state index is 0.0538. The molecule has 0 fully saturated rings. The number of carbonyl (C=O) groups excluding carboxylic acids is 3. The van der Waals surface area contributed by atoms with Crippen LogP contribution in [0.2, 0.25) is 0 Å². The van der Waals surface area contributed by atoms with Crippen molar-refractivity contribution in [3.05, 3.63) is 83.8 Å². The predicted molar refractivity (Wildman–Crippen MR) is 140 cm³/mol. The average molecular weight is 501 g/mol. The number of fused-ring (bicyclic) bond motifs is 1. The van der Waals surface area contributed by atoms with Gasteiger partial charge in [0, 0.05) is 36.6 Å². The third-order valence-electron chi connectivity index (χ3n) is 5.86. The normalized spacial score (nSPS) is 10.8. The van der Waals surface area contributed by atoms with Crippen LogP contribution in [0.1, 0.15) is 39.9 Å². The Morgan fingerprint density at radius 2 is 1.81 bits per heavy atom. The Labute approximate surface area is 214 Å². The topological polar surface area (TPSA) is 132 Å². The molecule has 2 amide bonds. The number of hydrogen-bond donors (Lipinski definition) is 2. The minimum atomic E-state index is -0.477. The lowest BCUT2D eigenvalue weighted by atomic mass is 10.1. The van der Waals surface area contributed by atoms with Crippen molar-refractivity contribution in [2.45, 2.75) is 19.9 Å². The molecule has 0 atom stereocenters. The van der Waals surface area contributed by atoms with Crippen LogP contribution in [0.5, 0.6) is 0 Å². The molecule has 4 rings (SSSR count). The molecule has 0 bridgehead atoms. The van der Waals surface area contributed by atoms with Crippen LogP contribution in [0.4, 0.5) is 11.5 Å². The van der Waals surface area contributed by atoms with Gasteiger partial charge in [0.25, 0.3) is 5.91 Å². The van der Waals surface area contributed by atoms with Gasteiger partial charge < -0.3 is 20.4 Å². The van der Waals surface area contributed by atoms with Crippen molar-refractivity contribution < 1.29 is 19.1 Å². The average Bonchev–Trinajstić information content (AvgIpc) is 3.23. The van der Waals surface area contributed by atoms with Gasteiger partial charge in [0.1, 0.15) is 11.6 Å². The van der Waals surface area contributed by atoms with Crippen LogP contribution in [-0.2, 0) is 23.1 Å². The van der Waals surface area contributed by atoms with Gasteiger partial charge in [-0.1, -0.05) is 6.07 Å². The zero-order valence-corrected chi connectivity index (χ0v) is 20.7. The van der Waals surface area contributed by atoms with Gasteiger partial charge in [-0.3, -0.25) is 19.3 Å². The number of ether oxygens (including phenoxy) is 1. The van der Waals surface area contributed by atoms with Gasteiger partial charge >= 0.3 is 5.97 Å². The molecule has 37 heavy (non-hydrogen) atoms. The molecule has 10 heteroatoms. The summed E-state index contributed by atoms with van der Waals surface area (Å²) in [5.41, 5.74) is 8.52. The van der Waals surface area contributed by atoms with E-state index in [0.29, 0.717) is 29.0 Å². The van der Waals surface area contributed by atoms with E-state index in [9.17, 15) is 14.4 Å². The number of esters is 1. The van der Waals surface area contributed by atoms with Gasteiger partial charge in [0.2, 0.25) is 5.91 Å². The van der Waals surface area contributed by atoms with Crippen LogP contribution in [-0.4, -0.2) is 45.5 Å². The Kier molecular flexibility index (Phi) is 7.77. The second-order valence-electron chi connectivity index (χ2n) is 8.29. The first kappa shape index (κ1) is 25.4. The molecule has 10 nitrogen and oxygen atoms in total. The molecule has 0 saturated carbocycles. The van der Waals surface area contributed by atoms with E-state index in [0.717, 1.165) is 17.0 Å². The smallest absolute Gasteiger partial charge is 0.307 e. The van der Waals surface area contributed by atoms with Crippen LogP contribution in [0.15, 0.2) is 66.9 Å². The maximum Gasteiger partial charge on any atom is 0.307 e. The molecule has 0 radical (unpaired) electrons. The number of pyridine rings is 1. The van der Waals surface area contributed by atoms with Crippen molar-refractivity contribution in [1.29, 1.82) is 0 Å². The third kappa shape index (κ3) is 5.92. The summed E-state index contributed by atoms with van der Waals surface area (Å²) in [7, 11) is 1.91. The third-order valence-corrected chi connectivity index (χ3v) is 5.86. The second kappa shape index (κ2) is 11.3. The molecule has 2 aromatic heterocycles. The van der Waals surface area contributed by atoms with Crippen LogP contribution in [0, 0.1) is 0 Å². The van der Waals surface area contributed by atoms with Crippen molar-refractivity contribution in [2.24, 2.45) is 12.8 Å². The molecular weight excluding hydrogens is 472 g/mol. The number of aryl methyl sites for hydroxylation is 1. The number of primary amides is 1. The predicted octanol–water partition coefficient (Wildman–Crippen LogP) is 3.28. The van der Waals surface area contributed by atoms with E-state index in [1.54, 1.807) is 67.7 Å². The number of hydrogen-bond acceptors (Lipinski definition) is 7. The summed E-state index contributed by atoms with van der Waals surface area (Å²) in [6.07, 6.45) is 1.65. The summed E-state index contributed by atoms with van der Waals surface area (Å²) in [4.78, 5) is 47.2. The summed E-state index contributed by atoms with van der Waals surface area (Å²) < 4.78 is 6.97. The van der Waals surface area contributed by atoms with Gasteiger partial charge in [-0.25, -0.2) is 9.97 Å². The Hall–Kier alpha value is -4.73. The van der Waals surface area contributed by atoms with E-state index in [2.05, 4.69) is 10.3 Å². The molecule has 0 aliphatic rings.